The molecule has 1 fully saturated rings. The molecule has 2 rings (SSSR count). The summed E-state index contributed by atoms with van der Waals surface area (Å²) in [7, 11) is -8.05. The monoisotopic (exact) mass is 382 g/mol. The normalized spacial score (nSPS) is 23.6. The van der Waals surface area contributed by atoms with Crippen LogP contribution in [-0.4, -0.2) is 38.6 Å². The second kappa shape index (κ2) is 6.01. The molecule has 0 unspecified atom stereocenters. The number of nitrogens with two attached hydrogens (primary N) is 1. The van der Waals surface area contributed by atoms with Gasteiger partial charge in [0.05, 0.1) is 15.7 Å². The zero-order valence-electron chi connectivity index (χ0n) is 13.5. The van der Waals surface area contributed by atoms with Crippen molar-refractivity contribution in [3.63, 3.8) is 0 Å². The largest absolute Gasteiger partial charge is 0.246 e. The first-order valence-corrected chi connectivity index (χ1v) is 10.2. The van der Waals surface area contributed by atoms with Gasteiger partial charge in [-0.25, -0.2) is 30.8 Å². The molecule has 1 aromatic rings. The summed E-state index contributed by atoms with van der Waals surface area (Å²) in [6.07, 6.45) is -1.60. The van der Waals surface area contributed by atoms with Gasteiger partial charge in [0.1, 0.15) is 12.0 Å². The minimum atomic E-state index is -4.17. The zero-order chi connectivity index (χ0) is 18.5. The molecule has 2 atom stereocenters. The van der Waals surface area contributed by atoms with E-state index >= 15 is 0 Å². The van der Waals surface area contributed by atoms with Crippen LogP contribution in [0.3, 0.4) is 0 Å². The number of primary sulfonamides is 1. The summed E-state index contributed by atoms with van der Waals surface area (Å²) < 4.78 is 75.8. The molecule has 0 amide bonds. The summed E-state index contributed by atoms with van der Waals surface area (Å²) >= 11 is 0. The van der Waals surface area contributed by atoms with E-state index in [1.54, 1.807) is 0 Å². The Morgan fingerprint density at radius 2 is 1.75 bits per heavy atom. The number of halogens is 2. The molecule has 2 N–H and O–H groups in total. The fraction of sp³-hybridized carbons (Fsp3) is 0.571. The van der Waals surface area contributed by atoms with Crippen molar-refractivity contribution in [1.82, 2.24) is 4.31 Å². The maximum absolute atomic E-state index is 13.9. The predicted octanol–water partition coefficient (Wildman–Crippen LogP) is 1.69. The van der Waals surface area contributed by atoms with E-state index in [1.165, 1.54) is 20.8 Å². The Morgan fingerprint density at radius 3 is 2.25 bits per heavy atom. The van der Waals surface area contributed by atoms with E-state index in [0.29, 0.717) is 0 Å². The number of nitrogens with zero attached hydrogens (tertiary/aromatic N) is 1. The highest BCUT2D eigenvalue weighted by atomic mass is 32.2. The van der Waals surface area contributed by atoms with Gasteiger partial charge in [-0.05, 0) is 44.5 Å². The highest BCUT2D eigenvalue weighted by Crippen LogP contribution is 2.39. The average Bonchev–Trinajstić information content (AvgIpc) is 2.78. The van der Waals surface area contributed by atoms with Gasteiger partial charge >= 0.3 is 0 Å². The Hall–Kier alpha value is -1.10. The first-order valence-electron chi connectivity index (χ1n) is 7.22. The van der Waals surface area contributed by atoms with Gasteiger partial charge in [0.2, 0.25) is 20.0 Å². The van der Waals surface area contributed by atoms with Crippen LogP contribution >= 0.6 is 0 Å². The van der Waals surface area contributed by atoms with Gasteiger partial charge < -0.3 is 0 Å². The number of benzene rings is 1. The number of alkyl halides is 1. The van der Waals surface area contributed by atoms with Crippen LogP contribution in [0.1, 0.15) is 38.8 Å². The fourth-order valence-corrected chi connectivity index (χ4v) is 4.80. The van der Waals surface area contributed by atoms with E-state index in [4.69, 9.17) is 5.14 Å². The molecule has 10 heteroatoms. The standard InChI is InChI=1S/C14H20F2N2O4S2/c1-14(2,3)24(21,22)18-8-11(16)7-13(18)9-4-10(15)6-12(5-9)23(17,19)20/h4-6,11,13H,7-8H2,1-3H3,(H2,17,19,20)/t11-,13+/m0/s1. The molecule has 24 heavy (non-hydrogen) atoms. The lowest BCUT2D eigenvalue weighted by atomic mass is 10.1. The number of rotatable bonds is 3. The lowest BCUT2D eigenvalue weighted by Gasteiger charge is -2.31. The highest BCUT2D eigenvalue weighted by Gasteiger charge is 2.45. The Kier molecular flexibility index (Phi) is 4.81. The average molecular weight is 382 g/mol. The quantitative estimate of drug-likeness (QED) is 0.860. The maximum atomic E-state index is 13.9. The molecule has 0 aliphatic carbocycles. The van der Waals surface area contributed by atoms with Crippen LogP contribution in [-0.2, 0) is 20.0 Å². The summed E-state index contributed by atoms with van der Waals surface area (Å²) in [6.45, 7) is 4.08. The molecule has 0 saturated carbocycles. The maximum Gasteiger partial charge on any atom is 0.238 e. The van der Waals surface area contributed by atoms with Crippen molar-refractivity contribution < 1.29 is 25.6 Å². The van der Waals surface area contributed by atoms with Crippen molar-refractivity contribution >= 4 is 20.0 Å². The summed E-state index contributed by atoms with van der Waals surface area (Å²) in [5, 5.41) is 5.01. The first kappa shape index (κ1) is 19.2. The summed E-state index contributed by atoms with van der Waals surface area (Å²) in [6, 6.07) is 1.85. The number of hydrogen-bond donors (Lipinski definition) is 1. The molecule has 1 saturated heterocycles. The molecule has 1 aliphatic rings. The smallest absolute Gasteiger partial charge is 0.238 e. The van der Waals surface area contributed by atoms with Crippen molar-refractivity contribution in [2.24, 2.45) is 5.14 Å². The third kappa shape index (κ3) is 3.61. The molecule has 1 heterocycles. The molecule has 1 aliphatic heterocycles. The van der Waals surface area contributed by atoms with Crippen LogP contribution in [0.25, 0.3) is 0 Å². The lowest BCUT2D eigenvalue weighted by Crippen LogP contribution is -2.43. The lowest BCUT2D eigenvalue weighted by molar-refractivity contribution is 0.339. The van der Waals surface area contributed by atoms with Gasteiger partial charge in [0.25, 0.3) is 0 Å². The highest BCUT2D eigenvalue weighted by molar-refractivity contribution is 7.90. The van der Waals surface area contributed by atoms with Gasteiger partial charge in [-0.2, -0.15) is 4.31 Å². The second-order valence-electron chi connectivity index (χ2n) is 6.80. The van der Waals surface area contributed by atoms with Crippen LogP contribution in [0.5, 0.6) is 0 Å². The Labute approximate surface area is 140 Å². The Bertz CT molecular complexity index is 848. The van der Waals surface area contributed by atoms with Crippen molar-refractivity contribution in [3.05, 3.63) is 29.6 Å². The molecule has 136 valence electrons. The molecular formula is C14H20F2N2O4S2. The van der Waals surface area contributed by atoms with Gasteiger partial charge in [-0.15, -0.1) is 0 Å². The summed E-state index contributed by atoms with van der Waals surface area (Å²) in [5.74, 6) is -0.882. The molecule has 6 nitrogen and oxygen atoms in total. The molecule has 0 bridgehead atoms. The summed E-state index contributed by atoms with van der Waals surface area (Å²) in [4.78, 5) is -0.479. The topological polar surface area (TPSA) is 97.5 Å². The van der Waals surface area contributed by atoms with E-state index in [2.05, 4.69) is 0 Å². The predicted molar refractivity (Wildman–Crippen MR) is 85.4 cm³/mol. The summed E-state index contributed by atoms with van der Waals surface area (Å²) in [5.41, 5.74) is 0.0620. The van der Waals surface area contributed by atoms with E-state index in [1.807, 2.05) is 0 Å². The van der Waals surface area contributed by atoms with Gasteiger partial charge in [-0.1, -0.05) is 0 Å². The SMILES string of the molecule is CC(C)(C)S(=O)(=O)N1C[C@@H](F)C[C@@H]1c1cc(F)cc(S(N)(=O)=O)c1. The number of sulfonamides is 2. The van der Waals surface area contributed by atoms with Crippen LogP contribution in [0, 0.1) is 5.82 Å². The van der Waals surface area contributed by atoms with E-state index in [9.17, 15) is 25.6 Å². The van der Waals surface area contributed by atoms with Crippen LogP contribution in [0.2, 0.25) is 0 Å². The van der Waals surface area contributed by atoms with Crippen LogP contribution in [0.15, 0.2) is 23.1 Å². The minimum Gasteiger partial charge on any atom is -0.246 e. The van der Waals surface area contributed by atoms with E-state index in [-0.39, 0.29) is 18.5 Å². The van der Waals surface area contributed by atoms with Crippen molar-refractivity contribution in [1.29, 1.82) is 0 Å². The minimum absolute atomic E-state index is 0.0620. The third-order valence-electron chi connectivity index (χ3n) is 3.89. The van der Waals surface area contributed by atoms with Crippen LogP contribution in [0.4, 0.5) is 8.78 Å². The molecule has 0 spiro atoms. The van der Waals surface area contributed by atoms with Crippen molar-refractivity contribution in [2.45, 2.75) is 49.0 Å². The van der Waals surface area contributed by atoms with Crippen LogP contribution < -0.4 is 5.14 Å². The van der Waals surface area contributed by atoms with Crippen molar-refractivity contribution in [2.75, 3.05) is 6.54 Å². The molecule has 0 aromatic heterocycles. The Morgan fingerprint density at radius 1 is 1.17 bits per heavy atom. The Balaban J connectivity index is 2.56. The van der Waals surface area contributed by atoms with Crippen molar-refractivity contribution in [3.8, 4) is 0 Å². The third-order valence-corrected chi connectivity index (χ3v) is 7.36. The first-order chi connectivity index (χ1) is 10.7. The van der Waals surface area contributed by atoms with E-state index < -0.39 is 47.7 Å². The second-order valence-corrected chi connectivity index (χ2v) is 11.0. The van der Waals surface area contributed by atoms with Gasteiger partial charge in [-0.3, -0.25) is 0 Å². The van der Waals surface area contributed by atoms with Gasteiger partial charge in [0.15, 0.2) is 0 Å². The molecule has 0 radical (unpaired) electrons. The van der Waals surface area contributed by atoms with Gasteiger partial charge in [0, 0.05) is 13.0 Å². The number of hydrogen-bond acceptors (Lipinski definition) is 4. The molecular weight excluding hydrogens is 362 g/mol. The molecule has 1 aromatic carbocycles. The zero-order valence-corrected chi connectivity index (χ0v) is 15.2. The van der Waals surface area contributed by atoms with E-state index in [0.717, 1.165) is 22.5 Å². The fourth-order valence-electron chi connectivity index (χ4n) is 2.62.